The highest BCUT2D eigenvalue weighted by Crippen LogP contribution is 2.23. The first-order chi connectivity index (χ1) is 8.61. The monoisotopic (exact) mass is 244 g/mol. The molecule has 0 aromatic carbocycles. The van der Waals surface area contributed by atoms with Crippen LogP contribution in [0.15, 0.2) is 12.3 Å². The third-order valence-electron chi connectivity index (χ3n) is 3.15. The van der Waals surface area contributed by atoms with Crippen LogP contribution < -0.4 is 10.2 Å². The molecule has 0 saturated carbocycles. The van der Waals surface area contributed by atoms with Gasteiger partial charge < -0.3 is 10.2 Å². The molecule has 0 bridgehead atoms. The Labute approximate surface area is 106 Å². The summed E-state index contributed by atoms with van der Waals surface area (Å²) in [7, 11) is 0. The summed E-state index contributed by atoms with van der Waals surface area (Å²) < 4.78 is 0. The fourth-order valence-corrected chi connectivity index (χ4v) is 2.28. The van der Waals surface area contributed by atoms with E-state index in [0.29, 0.717) is 12.1 Å². The second-order valence-electron chi connectivity index (χ2n) is 4.57. The number of amides is 1. The number of hydrogen-bond donors (Lipinski definition) is 1. The molecular formula is C13H16N4O. The Morgan fingerprint density at radius 3 is 3.11 bits per heavy atom. The Morgan fingerprint density at radius 2 is 2.44 bits per heavy atom. The summed E-state index contributed by atoms with van der Waals surface area (Å²) in [5.74, 6) is 0.713. The summed E-state index contributed by atoms with van der Waals surface area (Å²) in [6.45, 7) is 4.96. The Morgan fingerprint density at radius 1 is 1.67 bits per heavy atom. The molecule has 2 heterocycles. The standard InChI is InChI=1S/C13H16N4O/c1-9-3-5-15-13(12(9)7-14)17-6-4-11(8-17)16-10(2)18/h3,5,11H,4,6,8H2,1-2H3,(H,16,18). The van der Waals surface area contributed by atoms with Crippen molar-refractivity contribution < 1.29 is 4.79 Å². The van der Waals surface area contributed by atoms with Crippen LogP contribution in [-0.2, 0) is 4.79 Å². The molecule has 1 N–H and O–H groups in total. The quantitative estimate of drug-likeness (QED) is 0.842. The lowest BCUT2D eigenvalue weighted by atomic mass is 10.1. The van der Waals surface area contributed by atoms with Gasteiger partial charge in [0.15, 0.2) is 0 Å². The third kappa shape index (κ3) is 2.43. The molecule has 1 aromatic heterocycles. The summed E-state index contributed by atoms with van der Waals surface area (Å²) in [5.41, 5.74) is 1.56. The van der Waals surface area contributed by atoms with Crippen LogP contribution in [0.1, 0.15) is 24.5 Å². The zero-order chi connectivity index (χ0) is 13.1. The Bertz CT molecular complexity index is 506. The minimum Gasteiger partial charge on any atom is -0.353 e. The molecule has 18 heavy (non-hydrogen) atoms. The van der Waals surface area contributed by atoms with Crippen LogP contribution >= 0.6 is 0 Å². The number of aromatic nitrogens is 1. The molecule has 1 aliphatic heterocycles. The van der Waals surface area contributed by atoms with Crippen molar-refractivity contribution in [3.05, 3.63) is 23.4 Å². The molecule has 0 aliphatic carbocycles. The number of carbonyl (C=O) groups excluding carboxylic acids is 1. The summed E-state index contributed by atoms with van der Waals surface area (Å²) in [5, 5.41) is 12.1. The largest absolute Gasteiger partial charge is 0.353 e. The van der Waals surface area contributed by atoms with Crippen molar-refractivity contribution in [1.82, 2.24) is 10.3 Å². The van der Waals surface area contributed by atoms with Gasteiger partial charge >= 0.3 is 0 Å². The number of pyridine rings is 1. The number of nitrogens with one attached hydrogen (secondary N) is 1. The second kappa shape index (κ2) is 5.05. The van der Waals surface area contributed by atoms with Crippen molar-refractivity contribution in [2.24, 2.45) is 0 Å². The van der Waals surface area contributed by atoms with E-state index in [-0.39, 0.29) is 11.9 Å². The van der Waals surface area contributed by atoms with Crippen LogP contribution in [0.25, 0.3) is 0 Å². The van der Waals surface area contributed by atoms with Crippen LogP contribution in [-0.4, -0.2) is 30.0 Å². The lowest BCUT2D eigenvalue weighted by molar-refractivity contribution is -0.119. The normalized spacial score (nSPS) is 18.5. The van der Waals surface area contributed by atoms with Crippen molar-refractivity contribution in [3.63, 3.8) is 0 Å². The van der Waals surface area contributed by atoms with E-state index in [4.69, 9.17) is 0 Å². The number of rotatable bonds is 2. The maximum absolute atomic E-state index is 11.0. The van der Waals surface area contributed by atoms with E-state index in [0.717, 1.165) is 24.3 Å². The van der Waals surface area contributed by atoms with Crippen molar-refractivity contribution in [2.75, 3.05) is 18.0 Å². The molecule has 5 heteroatoms. The molecule has 1 amide bonds. The minimum atomic E-state index is -0.0143. The molecular weight excluding hydrogens is 228 g/mol. The average molecular weight is 244 g/mol. The van der Waals surface area contributed by atoms with Crippen LogP contribution in [0.3, 0.4) is 0 Å². The van der Waals surface area contributed by atoms with Crippen LogP contribution in [0, 0.1) is 18.3 Å². The molecule has 94 valence electrons. The van der Waals surface area contributed by atoms with Gasteiger partial charge in [-0.05, 0) is 25.0 Å². The van der Waals surface area contributed by atoms with E-state index in [2.05, 4.69) is 21.3 Å². The molecule has 0 spiro atoms. The van der Waals surface area contributed by atoms with E-state index in [9.17, 15) is 10.1 Å². The van der Waals surface area contributed by atoms with Crippen molar-refractivity contribution >= 4 is 11.7 Å². The summed E-state index contributed by atoms with van der Waals surface area (Å²) in [4.78, 5) is 17.4. The fraction of sp³-hybridized carbons (Fsp3) is 0.462. The van der Waals surface area contributed by atoms with Crippen molar-refractivity contribution in [2.45, 2.75) is 26.3 Å². The molecule has 2 rings (SSSR count). The van der Waals surface area contributed by atoms with Crippen molar-refractivity contribution in [1.29, 1.82) is 5.26 Å². The smallest absolute Gasteiger partial charge is 0.217 e. The minimum absolute atomic E-state index is 0.0143. The highest BCUT2D eigenvalue weighted by Gasteiger charge is 2.25. The van der Waals surface area contributed by atoms with Crippen molar-refractivity contribution in [3.8, 4) is 6.07 Å². The number of hydrogen-bond acceptors (Lipinski definition) is 4. The van der Waals surface area contributed by atoms with Gasteiger partial charge in [0.25, 0.3) is 0 Å². The first kappa shape index (κ1) is 12.4. The zero-order valence-corrected chi connectivity index (χ0v) is 10.6. The number of nitrogens with zero attached hydrogens (tertiary/aromatic N) is 3. The lowest BCUT2D eigenvalue weighted by Gasteiger charge is -2.19. The number of nitriles is 1. The number of carbonyl (C=O) groups is 1. The number of aryl methyl sites for hydroxylation is 1. The zero-order valence-electron chi connectivity index (χ0n) is 10.6. The van der Waals surface area contributed by atoms with Gasteiger partial charge in [-0.3, -0.25) is 4.79 Å². The summed E-state index contributed by atoms with van der Waals surface area (Å²) in [6, 6.07) is 4.19. The van der Waals surface area contributed by atoms with Gasteiger partial charge in [0.2, 0.25) is 5.91 Å². The van der Waals surface area contributed by atoms with Gasteiger partial charge in [0.05, 0.1) is 5.56 Å². The number of anilines is 1. The molecule has 1 aromatic rings. The topological polar surface area (TPSA) is 69.0 Å². The molecule has 1 atom stereocenters. The van der Waals surface area contributed by atoms with Crippen LogP contribution in [0.4, 0.5) is 5.82 Å². The Hall–Kier alpha value is -2.09. The molecule has 1 saturated heterocycles. The molecule has 1 unspecified atom stereocenters. The van der Waals surface area contributed by atoms with Crippen LogP contribution in [0.2, 0.25) is 0 Å². The van der Waals surface area contributed by atoms with E-state index in [1.54, 1.807) is 6.20 Å². The van der Waals surface area contributed by atoms with Gasteiger partial charge in [-0.1, -0.05) is 0 Å². The Kier molecular flexibility index (Phi) is 3.47. The van der Waals surface area contributed by atoms with Gasteiger partial charge in [-0.25, -0.2) is 4.98 Å². The molecule has 1 aliphatic rings. The average Bonchev–Trinajstić information content (AvgIpc) is 2.76. The maximum atomic E-state index is 11.0. The predicted octanol–water partition coefficient (Wildman–Crippen LogP) is 0.976. The fourth-order valence-electron chi connectivity index (χ4n) is 2.28. The summed E-state index contributed by atoms with van der Waals surface area (Å²) >= 11 is 0. The van der Waals surface area contributed by atoms with E-state index in [1.165, 1.54) is 6.92 Å². The predicted molar refractivity (Wildman–Crippen MR) is 68.1 cm³/mol. The molecule has 0 radical (unpaired) electrons. The first-order valence-corrected chi connectivity index (χ1v) is 5.99. The summed E-state index contributed by atoms with van der Waals surface area (Å²) in [6.07, 6.45) is 2.61. The van der Waals surface area contributed by atoms with Gasteiger partial charge in [0, 0.05) is 32.3 Å². The van der Waals surface area contributed by atoms with E-state index < -0.39 is 0 Å². The van der Waals surface area contributed by atoms with E-state index in [1.807, 2.05) is 13.0 Å². The molecule has 1 fully saturated rings. The molecule has 5 nitrogen and oxygen atoms in total. The van der Waals surface area contributed by atoms with E-state index >= 15 is 0 Å². The Balaban J connectivity index is 2.17. The maximum Gasteiger partial charge on any atom is 0.217 e. The SMILES string of the molecule is CC(=O)NC1CCN(c2nccc(C)c2C#N)C1. The highest BCUT2D eigenvalue weighted by molar-refractivity contribution is 5.73. The van der Waals surface area contributed by atoms with Crippen LogP contribution in [0.5, 0.6) is 0 Å². The highest BCUT2D eigenvalue weighted by atomic mass is 16.1. The van der Waals surface area contributed by atoms with Gasteiger partial charge in [-0.2, -0.15) is 5.26 Å². The first-order valence-electron chi connectivity index (χ1n) is 5.99. The van der Waals surface area contributed by atoms with Gasteiger partial charge in [0.1, 0.15) is 11.9 Å². The van der Waals surface area contributed by atoms with Gasteiger partial charge in [-0.15, -0.1) is 0 Å². The second-order valence-corrected chi connectivity index (χ2v) is 4.57. The third-order valence-corrected chi connectivity index (χ3v) is 3.15. The lowest BCUT2D eigenvalue weighted by Crippen LogP contribution is -2.35.